The van der Waals surface area contributed by atoms with Gasteiger partial charge in [0.05, 0.1) is 7.11 Å². The van der Waals surface area contributed by atoms with E-state index in [1.165, 1.54) is 23.3 Å². The zero-order chi connectivity index (χ0) is 20.8. The first kappa shape index (κ1) is 18.2. The number of aromatic nitrogens is 2. The number of hydrogen-bond donors (Lipinski definition) is 2. The van der Waals surface area contributed by atoms with Crippen LogP contribution in [0.1, 0.15) is 23.0 Å². The largest absolute Gasteiger partial charge is 0.504 e. The predicted octanol–water partition coefficient (Wildman–Crippen LogP) is 2.66. The van der Waals surface area contributed by atoms with Crippen molar-refractivity contribution in [1.29, 1.82) is 0 Å². The number of rotatable bonds is 2. The fourth-order valence-corrected chi connectivity index (χ4v) is 4.01. The van der Waals surface area contributed by atoms with Gasteiger partial charge in [-0.05, 0) is 37.1 Å². The highest BCUT2D eigenvalue weighted by Gasteiger charge is 2.31. The Morgan fingerprint density at radius 1 is 1.20 bits per heavy atom. The van der Waals surface area contributed by atoms with E-state index in [0.717, 1.165) is 18.7 Å². The molecule has 0 saturated heterocycles. The average molecular weight is 403 g/mol. The van der Waals surface area contributed by atoms with Gasteiger partial charge in [-0.15, -0.1) is 0 Å². The number of nitrogens with one attached hydrogen (secondary N) is 1. The lowest BCUT2D eigenvalue weighted by Crippen LogP contribution is -2.43. The van der Waals surface area contributed by atoms with Crippen molar-refractivity contribution < 1.29 is 9.84 Å². The first-order valence-electron chi connectivity index (χ1n) is 9.72. The molecule has 0 radical (unpaired) electrons. The molecule has 8 nitrogen and oxygen atoms in total. The first-order valence-corrected chi connectivity index (χ1v) is 9.72. The molecule has 0 bridgehead atoms. The lowest BCUT2D eigenvalue weighted by Gasteiger charge is -2.31. The molecule has 2 aromatic carbocycles. The molecule has 0 fully saturated rings. The fourth-order valence-electron chi connectivity index (χ4n) is 4.01. The summed E-state index contributed by atoms with van der Waals surface area (Å²) in [4.78, 5) is 24.4. The molecule has 5 rings (SSSR count). The van der Waals surface area contributed by atoms with Gasteiger partial charge in [0.1, 0.15) is 0 Å². The minimum absolute atomic E-state index is 0.0301. The number of hydrogen-bond acceptors (Lipinski definition) is 7. The van der Waals surface area contributed by atoms with E-state index in [-0.39, 0.29) is 11.3 Å². The number of benzene rings is 2. The van der Waals surface area contributed by atoms with Crippen LogP contribution in [0.15, 0.2) is 58.3 Å². The van der Waals surface area contributed by atoms with Gasteiger partial charge in [-0.1, -0.05) is 24.3 Å². The molecular weight excluding hydrogens is 382 g/mol. The fraction of sp³-hybridized carbons (Fsp3) is 0.227. The number of aliphatic imine (C=N–C) groups is 1. The summed E-state index contributed by atoms with van der Waals surface area (Å²) in [6.45, 7) is 2.58. The average Bonchev–Trinajstić information content (AvgIpc) is 3.17. The maximum absolute atomic E-state index is 12.8. The Bertz CT molecular complexity index is 1230. The van der Waals surface area contributed by atoms with Crippen LogP contribution < -0.4 is 20.5 Å². The molecule has 2 aliphatic rings. The molecule has 0 amide bonds. The van der Waals surface area contributed by atoms with Crippen LogP contribution >= 0.6 is 0 Å². The molecule has 30 heavy (non-hydrogen) atoms. The van der Waals surface area contributed by atoms with Gasteiger partial charge in [-0.25, -0.2) is 9.98 Å². The van der Waals surface area contributed by atoms with Crippen LogP contribution in [0.4, 0.5) is 11.6 Å². The highest BCUT2D eigenvalue weighted by atomic mass is 16.5. The van der Waals surface area contributed by atoms with E-state index in [9.17, 15) is 9.90 Å². The van der Waals surface area contributed by atoms with Crippen molar-refractivity contribution >= 4 is 17.6 Å². The predicted molar refractivity (Wildman–Crippen MR) is 115 cm³/mol. The summed E-state index contributed by atoms with van der Waals surface area (Å²) in [5, 5.41) is 13.2. The highest BCUT2D eigenvalue weighted by molar-refractivity contribution is 6.06. The molecule has 0 aliphatic carbocycles. The van der Waals surface area contributed by atoms with E-state index < -0.39 is 6.17 Å². The molecule has 0 saturated carbocycles. The molecule has 1 atom stereocenters. The second-order valence-corrected chi connectivity index (χ2v) is 7.34. The molecule has 152 valence electrons. The Labute approximate surface area is 173 Å². The minimum Gasteiger partial charge on any atom is -0.504 e. The maximum Gasteiger partial charge on any atom is 0.257 e. The summed E-state index contributed by atoms with van der Waals surface area (Å²) >= 11 is 0. The van der Waals surface area contributed by atoms with E-state index in [1.807, 2.05) is 12.1 Å². The number of methoxy groups -OCH3 is 1. The van der Waals surface area contributed by atoms with Crippen molar-refractivity contribution in [1.82, 2.24) is 9.55 Å². The Hall–Kier alpha value is -3.81. The topological polar surface area (TPSA) is 92.0 Å². The van der Waals surface area contributed by atoms with E-state index in [2.05, 4.69) is 27.3 Å². The second kappa shape index (κ2) is 6.91. The van der Waals surface area contributed by atoms with Gasteiger partial charge < -0.3 is 14.7 Å². The van der Waals surface area contributed by atoms with Crippen LogP contribution in [0.3, 0.4) is 0 Å². The number of ether oxygens (including phenoxy) is 1. The summed E-state index contributed by atoms with van der Waals surface area (Å²) in [6.07, 6.45) is 0.280. The normalized spacial score (nSPS) is 17.1. The Morgan fingerprint density at radius 3 is 2.87 bits per heavy atom. The molecular formula is C22H21N5O3. The Morgan fingerprint density at radius 2 is 2.03 bits per heavy atom. The number of phenolic OH excluding ortho intramolecular Hbond substituents is 1. The van der Waals surface area contributed by atoms with Gasteiger partial charge >= 0.3 is 0 Å². The van der Waals surface area contributed by atoms with Crippen LogP contribution in [-0.2, 0) is 6.42 Å². The number of nitrogens with zero attached hydrogens (tertiary/aromatic N) is 4. The summed E-state index contributed by atoms with van der Waals surface area (Å²) in [7, 11) is 1.49. The third-order valence-electron chi connectivity index (χ3n) is 5.44. The smallest absolute Gasteiger partial charge is 0.257 e. The summed E-state index contributed by atoms with van der Waals surface area (Å²) < 4.78 is 6.78. The highest BCUT2D eigenvalue weighted by Crippen LogP contribution is 2.35. The van der Waals surface area contributed by atoms with Crippen molar-refractivity contribution in [3.63, 3.8) is 0 Å². The summed E-state index contributed by atoms with van der Waals surface area (Å²) in [5.74, 6) is 1.42. The minimum atomic E-state index is -0.640. The van der Waals surface area contributed by atoms with E-state index in [0.29, 0.717) is 28.9 Å². The molecule has 2 aliphatic heterocycles. The molecule has 3 heterocycles. The number of guanidine groups is 1. The molecule has 1 unspecified atom stereocenters. The van der Waals surface area contributed by atoms with Crippen LogP contribution in [0.5, 0.6) is 11.5 Å². The van der Waals surface area contributed by atoms with E-state index in [1.54, 1.807) is 25.1 Å². The number of aromatic hydroxyl groups is 1. The molecule has 8 heteroatoms. The van der Waals surface area contributed by atoms with Gasteiger partial charge in [-0.3, -0.25) is 14.7 Å². The Balaban J connectivity index is 1.67. The quantitative estimate of drug-likeness (QED) is 0.684. The first-order chi connectivity index (χ1) is 14.5. The zero-order valence-corrected chi connectivity index (χ0v) is 16.7. The van der Waals surface area contributed by atoms with Crippen molar-refractivity contribution in [2.24, 2.45) is 4.99 Å². The van der Waals surface area contributed by atoms with Crippen molar-refractivity contribution in [2.45, 2.75) is 19.5 Å². The van der Waals surface area contributed by atoms with Gasteiger partial charge in [0.25, 0.3) is 5.56 Å². The number of aryl methyl sites for hydroxylation is 1. The van der Waals surface area contributed by atoms with Crippen LogP contribution in [-0.4, -0.2) is 34.3 Å². The monoisotopic (exact) mass is 403 g/mol. The van der Waals surface area contributed by atoms with Gasteiger partial charge in [0, 0.05) is 29.6 Å². The Kier molecular flexibility index (Phi) is 4.20. The summed E-state index contributed by atoms with van der Waals surface area (Å²) in [5.41, 5.74) is 3.49. The molecule has 1 aromatic heterocycles. The number of para-hydroxylation sites is 1. The van der Waals surface area contributed by atoms with Crippen LogP contribution in [0.25, 0.3) is 0 Å². The van der Waals surface area contributed by atoms with Crippen molar-refractivity contribution in [3.8, 4) is 11.5 Å². The number of fused-ring (bicyclic) bond motifs is 2. The third kappa shape index (κ3) is 2.88. The van der Waals surface area contributed by atoms with Crippen molar-refractivity contribution in [3.05, 3.63) is 75.7 Å². The maximum atomic E-state index is 12.8. The molecule has 0 spiro atoms. The molecule has 3 aromatic rings. The van der Waals surface area contributed by atoms with Gasteiger partial charge in [0.15, 0.2) is 17.7 Å². The van der Waals surface area contributed by atoms with E-state index in [4.69, 9.17) is 9.73 Å². The summed E-state index contributed by atoms with van der Waals surface area (Å²) in [6, 6.07) is 14.7. The van der Waals surface area contributed by atoms with E-state index >= 15 is 0 Å². The van der Waals surface area contributed by atoms with Crippen molar-refractivity contribution in [2.75, 3.05) is 23.9 Å². The standard InChI is InChI=1S/C22H21N5O3/c1-13-11-19(29)27-20(15-7-8-17(28)18(12-15)30-2)24-21(25-22(27)23-13)26-10-9-14-5-3-4-6-16(14)26/h3-8,11-12,20,28H,9-10H2,1-2H3,(H,23,24,25). The number of anilines is 2. The lowest BCUT2D eigenvalue weighted by molar-refractivity contribution is 0.372. The molecule has 2 N–H and O–H groups in total. The van der Waals surface area contributed by atoms with Crippen LogP contribution in [0, 0.1) is 6.92 Å². The van der Waals surface area contributed by atoms with Gasteiger partial charge in [-0.2, -0.15) is 0 Å². The zero-order valence-electron chi connectivity index (χ0n) is 16.7. The van der Waals surface area contributed by atoms with Gasteiger partial charge in [0.2, 0.25) is 11.9 Å². The third-order valence-corrected chi connectivity index (χ3v) is 5.44. The van der Waals surface area contributed by atoms with Crippen LogP contribution in [0.2, 0.25) is 0 Å². The second-order valence-electron chi connectivity index (χ2n) is 7.34. The number of phenols is 1. The lowest BCUT2D eigenvalue weighted by atomic mass is 10.1. The SMILES string of the molecule is COc1cc(C2N=C(N3CCc4ccccc43)Nc3nc(C)cc(=O)n32)ccc1O.